The van der Waals surface area contributed by atoms with Crippen LogP contribution in [0.15, 0.2) is 46.9 Å². The van der Waals surface area contributed by atoms with Gasteiger partial charge in [-0.05, 0) is 35.8 Å². The maximum Gasteiger partial charge on any atom is 0.198 e. The van der Waals surface area contributed by atoms with Crippen LogP contribution in [-0.2, 0) is 0 Å². The molecule has 0 aliphatic heterocycles. The molecule has 0 aliphatic rings. The van der Waals surface area contributed by atoms with Crippen LogP contribution < -0.4 is 4.74 Å². The van der Waals surface area contributed by atoms with Crippen molar-refractivity contribution in [2.24, 2.45) is 0 Å². The monoisotopic (exact) mass is 242 g/mol. The molecule has 0 fully saturated rings. The Hall–Kier alpha value is -1.87. The van der Waals surface area contributed by atoms with Crippen LogP contribution in [0.25, 0.3) is 21.7 Å². The lowest BCUT2D eigenvalue weighted by atomic mass is 10.1. The molecule has 0 saturated heterocycles. The third-order valence-corrected chi connectivity index (χ3v) is 3.13. The van der Waals surface area contributed by atoms with E-state index in [1.165, 1.54) is 0 Å². The molecular weight excluding hydrogens is 232 g/mol. The van der Waals surface area contributed by atoms with Crippen molar-refractivity contribution in [2.45, 2.75) is 0 Å². The number of fused-ring (bicyclic) bond motifs is 3. The lowest BCUT2D eigenvalue weighted by Crippen LogP contribution is -1.83. The van der Waals surface area contributed by atoms with E-state index in [1.807, 2.05) is 36.4 Å². The average Bonchev–Trinajstić information content (AvgIpc) is 2.38. The summed E-state index contributed by atoms with van der Waals surface area (Å²) in [5.41, 5.74) is 0.757. The number of hydrogen-bond acceptors (Lipinski definition) is 3. The highest BCUT2D eigenvalue weighted by Crippen LogP contribution is 2.29. The van der Waals surface area contributed by atoms with Crippen molar-refractivity contribution in [3.8, 4) is 5.75 Å². The lowest BCUT2D eigenvalue weighted by Gasteiger charge is -2.05. The molecule has 3 heteroatoms. The highest BCUT2D eigenvalue weighted by atomic mass is 32.1. The maximum absolute atomic E-state index is 5.65. The summed E-state index contributed by atoms with van der Waals surface area (Å²) in [5, 5.41) is 3.14. The first-order valence-electron chi connectivity index (χ1n) is 5.29. The first-order chi connectivity index (χ1) is 8.29. The van der Waals surface area contributed by atoms with Gasteiger partial charge in [0.15, 0.2) is 4.71 Å². The minimum atomic E-state index is 0.515. The molecular formula is C14H10O2S. The normalized spacial score (nSPS) is 10.9. The van der Waals surface area contributed by atoms with E-state index in [0.29, 0.717) is 4.71 Å². The highest BCUT2D eigenvalue weighted by Gasteiger charge is 2.05. The summed E-state index contributed by atoms with van der Waals surface area (Å²) in [6, 6.07) is 13.8. The van der Waals surface area contributed by atoms with E-state index in [0.717, 1.165) is 27.5 Å². The maximum atomic E-state index is 5.65. The van der Waals surface area contributed by atoms with E-state index in [2.05, 4.69) is 6.07 Å². The summed E-state index contributed by atoms with van der Waals surface area (Å²) in [4.78, 5) is 0. The molecule has 2 nitrogen and oxygen atoms in total. The largest absolute Gasteiger partial charge is 0.497 e. The number of methoxy groups -OCH3 is 1. The third-order valence-electron chi connectivity index (χ3n) is 2.83. The van der Waals surface area contributed by atoms with E-state index < -0.39 is 0 Å². The topological polar surface area (TPSA) is 22.4 Å². The first-order valence-corrected chi connectivity index (χ1v) is 5.70. The van der Waals surface area contributed by atoms with Crippen LogP contribution in [0.4, 0.5) is 0 Å². The SMILES string of the molecule is COc1ccc2c(c1)oc(=S)c1ccccc12. The minimum Gasteiger partial charge on any atom is -0.497 e. The second-order valence-electron chi connectivity index (χ2n) is 3.80. The van der Waals surface area contributed by atoms with Crippen LogP contribution >= 0.6 is 12.2 Å². The Morgan fingerprint density at radius 2 is 1.76 bits per heavy atom. The molecule has 0 N–H and O–H groups in total. The Labute approximate surface area is 103 Å². The van der Waals surface area contributed by atoms with Gasteiger partial charge in [0.2, 0.25) is 0 Å². The number of rotatable bonds is 1. The molecule has 17 heavy (non-hydrogen) atoms. The van der Waals surface area contributed by atoms with Crippen LogP contribution in [0.2, 0.25) is 0 Å². The van der Waals surface area contributed by atoms with Gasteiger partial charge >= 0.3 is 0 Å². The zero-order valence-electron chi connectivity index (χ0n) is 9.27. The Bertz CT molecular complexity index is 759. The van der Waals surface area contributed by atoms with Crippen molar-refractivity contribution < 1.29 is 9.15 Å². The first kappa shape index (κ1) is 10.3. The smallest absolute Gasteiger partial charge is 0.198 e. The predicted octanol–water partition coefficient (Wildman–Crippen LogP) is 4.32. The van der Waals surface area contributed by atoms with Gasteiger partial charge in [-0.1, -0.05) is 18.2 Å². The van der Waals surface area contributed by atoms with Gasteiger partial charge in [-0.25, -0.2) is 0 Å². The van der Waals surface area contributed by atoms with Gasteiger partial charge in [0, 0.05) is 16.8 Å². The van der Waals surface area contributed by atoms with Gasteiger partial charge in [-0.3, -0.25) is 0 Å². The van der Waals surface area contributed by atoms with Crippen molar-refractivity contribution in [1.82, 2.24) is 0 Å². The number of benzene rings is 2. The molecule has 0 atom stereocenters. The van der Waals surface area contributed by atoms with Gasteiger partial charge in [-0.2, -0.15) is 0 Å². The van der Waals surface area contributed by atoms with Crippen molar-refractivity contribution in [2.75, 3.05) is 7.11 Å². The summed E-state index contributed by atoms with van der Waals surface area (Å²) in [5.74, 6) is 0.769. The second kappa shape index (κ2) is 3.86. The van der Waals surface area contributed by atoms with Crippen molar-refractivity contribution >= 4 is 34.0 Å². The van der Waals surface area contributed by atoms with E-state index in [1.54, 1.807) is 7.11 Å². The predicted molar refractivity (Wildman–Crippen MR) is 71.1 cm³/mol. The van der Waals surface area contributed by atoms with Crippen molar-refractivity contribution in [3.05, 3.63) is 47.2 Å². The molecule has 0 spiro atoms. The van der Waals surface area contributed by atoms with Crippen LogP contribution in [0.1, 0.15) is 0 Å². The fraction of sp³-hybridized carbons (Fsp3) is 0.0714. The third kappa shape index (κ3) is 1.59. The van der Waals surface area contributed by atoms with Crippen molar-refractivity contribution in [1.29, 1.82) is 0 Å². The molecule has 0 unspecified atom stereocenters. The van der Waals surface area contributed by atoms with E-state index in [-0.39, 0.29) is 0 Å². The summed E-state index contributed by atoms with van der Waals surface area (Å²) in [7, 11) is 1.64. The quantitative estimate of drug-likeness (QED) is 0.468. The average molecular weight is 242 g/mol. The zero-order chi connectivity index (χ0) is 11.8. The van der Waals surface area contributed by atoms with Crippen LogP contribution in [0.3, 0.4) is 0 Å². The lowest BCUT2D eigenvalue weighted by molar-refractivity contribution is 0.414. The Balaban J connectivity index is 2.53. The summed E-state index contributed by atoms with van der Waals surface area (Å²) in [6.45, 7) is 0. The highest BCUT2D eigenvalue weighted by molar-refractivity contribution is 7.71. The van der Waals surface area contributed by atoms with Crippen LogP contribution in [0.5, 0.6) is 5.75 Å². The van der Waals surface area contributed by atoms with Gasteiger partial charge in [0.1, 0.15) is 11.3 Å². The van der Waals surface area contributed by atoms with Crippen LogP contribution in [-0.4, -0.2) is 7.11 Å². The Morgan fingerprint density at radius 1 is 1.00 bits per heavy atom. The van der Waals surface area contributed by atoms with Crippen LogP contribution in [0, 0.1) is 4.71 Å². The molecule has 2 aromatic carbocycles. The molecule has 84 valence electrons. The van der Waals surface area contributed by atoms with Gasteiger partial charge < -0.3 is 9.15 Å². The van der Waals surface area contributed by atoms with Gasteiger partial charge in [0.25, 0.3) is 0 Å². The molecule has 3 rings (SSSR count). The second-order valence-corrected chi connectivity index (χ2v) is 4.17. The number of hydrogen-bond donors (Lipinski definition) is 0. The van der Waals surface area contributed by atoms with Gasteiger partial charge in [-0.15, -0.1) is 0 Å². The zero-order valence-corrected chi connectivity index (χ0v) is 10.1. The molecule has 0 saturated carbocycles. The van der Waals surface area contributed by atoms with E-state index >= 15 is 0 Å². The minimum absolute atomic E-state index is 0.515. The number of ether oxygens (including phenoxy) is 1. The molecule has 1 aromatic heterocycles. The van der Waals surface area contributed by atoms with E-state index in [9.17, 15) is 0 Å². The molecule has 0 bridgehead atoms. The standard InChI is InChI=1S/C14H10O2S/c1-15-9-6-7-11-10-4-2-3-5-12(10)14(17)16-13(11)8-9/h2-8H,1H3. The summed E-state index contributed by atoms with van der Waals surface area (Å²) >= 11 is 5.25. The summed E-state index contributed by atoms with van der Waals surface area (Å²) in [6.07, 6.45) is 0. The molecule has 3 aromatic rings. The van der Waals surface area contributed by atoms with Gasteiger partial charge in [0.05, 0.1) is 7.11 Å². The summed E-state index contributed by atoms with van der Waals surface area (Å²) < 4.78 is 11.3. The Kier molecular flexibility index (Phi) is 2.34. The molecule has 0 radical (unpaired) electrons. The molecule has 1 heterocycles. The fourth-order valence-electron chi connectivity index (χ4n) is 1.99. The Morgan fingerprint density at radius 3 is 2.53 bits per heavy atom. The molecule has 0 aliphatic carbocycles. The molecule has 0 amide bonds. The van der Waals surface area contributed by atoms with Crippen molar-refractivity contribution in [3.63, 3.8) is 0 Å². The fourth-order valence-corrected chi connectivity index (χ4v) is 2.26. The van der Waals surface area contributed by atoms with E-state index in [4.69, 9.17) is 21.4 Å².